The molecule has 88 valence electrons. The van der Waals surface area contributed by atoms with E-state index in [-0.39, 0.29) is 17.7 Å². The second-order valence-corrected chi connectivity index (χ2v) is 4.62. The van der Waals surface area contributed by atoms with E-state index in [4.69, 9.17) is 10.00 Å². The van der Waals surface area contributed by atoms with Crippen LogP contribution in [0.5, 0.6) is 0 Å². The Balaban J connectivity index is 1.84. The SMILES string of the molecule is N#CC1CCN(C(=O)C2CCOCC2)CC1. The van der Waals surface area contributed by atoms with Gasteiger partial charge in [0.1, 0.15) is 0 Å². The summed E-state index contributed by atoms with van der Waals surface area (Å²) in [6.45, 7) is 2.94. The van der Waals surface area contributed by atoms with Gasteiger partial charge >= 0.3 is 0 Å². The lowest BCUT2D eigenvalue weighted by Gasteiger charge is -2.33. The van der Waals surface area contributed by atoms with E-state index in [0.29, 0.717) is 13.2 Å². The summed E-state index contributed by atoms with van der Waals surface area (Å²) in [6.07, 6.45) is 3.39. The second kappa shape index (κ2) is 5.31. The third-order valence-corrected chi connectivity index (χ3v) is 3.56. The highest BCUT2D eigenvalue weighted by Gasteiger charge is 2.29. The molecule has 0 bridgehead atoms. The molecule has 0 aromatic carbocycles. The maximum Gasteiger partial charge on any atom is 0.225 e. The van der Waals surface area contributed by atoms with Crippen molar-refractivity contribution in [2.24, 2.45) is 11.8 Å². The summed E-state index contributed by atoms with van der Waals surface area (Å²) in [5.74, 6) is 0.589. The van der Waals surface area contributed by atoms with Gasteiger partial charge in [-0.1, -0.05) is 0 Å². The van der Waals surface area contributed by atoms with Crippen LogP contribution in [0.2, 0.25) is 0 Å². The summed E-state index contributed by atoms with van der Waals surface area (Å²) >= 11 is 0. The molecule has 2 rings (SSSR count). The fourth-order valence-corrected chi connectivity index (χ4v) is 2.43. The van der Waals surface area contributed by atoms with Crippen LogP contribution in [0.3, 0.4) is 0 Å². The molecule has 2 heterocycles. The van der Waals surface area contributed by atoms with E-state index >= 15 is 0 Å². The number of ether oxygens (including phenoxy) is 1. The fourth-order valence-electron chi connectivity index (χ4n) is 2.43. The van der Waals surface area contributed by atoms with Gasteiger partial charge in [0.05, 0.1) is 6.07 Å². The lowest BCUT2D eigenvalue weighted by Crippen LogP contribution is -2.43. The number of nitriles is 1. The molecule has 0 N–H and O–H groups in total. The molecular formula is C12H18N2O2. The smallest absolute Gasteiger partial charge is 0.225 e. The monoisotopic (exact) mass is 222 g/mol. The largest absolute Gasteiger partial charge is 0.381 e. The summed E-state index contributed by atoms with van der Waals surface area (Å²) in [6, 6.07) is 2.28. The zero-order valence-corrected chi connectivity index (χ0v) is 9.52. The third kappa shape index (κ3) is 2.53. The van der Waals surface area contributed by atoms with E-state index < -0.39 is 0 Å². The zero-order valence-electron chi connectivity index (χ0n) is 9.52. The highest BCUT2D eigenvalue weighted by molar-refractivity contribution is 5.79. The van der Waals surface area contributed by atoms with Gasteiger partial charge in [-0.3, -0.25) is 4.79 Å². The number of hydrogen-bond donors (Lipinski definition) is 0. The van der Waals surface area contributed by atoms with Gasteiger partial charge in [0, 0.05) is 38.1 Å². The molecule has 0 unspecified atom stereocenters. The van der Waals surface area contributed by atoms with Crippen molar-refractivity contribution in [1.82, 2.24) is 4.90 Å². The van der Waals surface area contributed by atoms with Crippen LogP contribution in [0.4, 0.5) is 0 Å². The summed E-state index contributed by atoms with van der Waals surface area (Å²) in [7, 11) is 0. The van der Waals surface area contributed by atoms with Crippen molar-refractivity contribution < 1.29 is 9.53 Å². The Hall–Kier alpha value is -1.08. The molecule has 0 aromatic heterocycles. The first kappa shape index (κ1) is 11.4. The van der Waals surface area contributed by atoms with Crippen molar-refractivity contribution in [3.8, 4) is 6.07 Å². The molecule has 4 nitrogen and oxygen atoms in total. The van der Waals surface area contributed by atoms with E-state index in [0.717, 1.165) is 38.8 Å². The Morgan fingerprint density at radius 1 is 1.19 bits per heavy atom. The molecule has 4 heteroatoms. The highest BCUT2D eigenvalue weighted by Crippen LogP contribution is 2.22. The minimum absolute atomic E-state index is 0.152. The molecule has 0 radical (unpaired) electrons. The minimum Gasteiger partial charge on any atom is -0.381 e. The Morgan fingerprint density at radius 3 is 2.38 bits per heavy atom. The molecule has 0 atom stereocenters. The molecule has 2 saturated heterocycles. The first-order valence-corrected chi connectivity index (χ1v) is 6.07. The standard InChI is InChI=1S/C12H18N2O2/c13-9-10-1-5-14(6-2-10)12(15)11-3-7-16-8-4-11/h10-11H,1-8H2. The van der Waals surface area contributed by atoms with E-state index in [9.17, 15) is 4.79 Å². The maximum absolute atomic E-state index is 12.1. The van der Waals surface area contributed by atoms with Crippen LogP contribution in [-0.4, -0.2) is 37.1 Å². The summed E-state index contributed by atoms with van der Waals surface area (Å²) in [4.78, 5) is 14.1. The Labute approximate surface area is 96.2 Å². The summed E-state index contributed by atoms with van der Waals surface area (Å²) in [5.41, 5.74) is 0. The molecule has 0 aromatic rings. The summed E-state index contributed by atoms with van der Waals surface area (Å²) in [5, 5.41) is 8.79. The van der Waals surface area contributed by atoms with E-state index in [2.05, 4.69) is 6.07 Å². The maximum atomic E-state index is 12.1. The van der Waals surface area contributed by atoms with Crippen LogP contribution in [0.15, 0.2) is 0 Å². The quantitative estimate of drug-likeness (QED) is 0.669. The predicted molar refractivity (Wildman–Crippen MR) is 58.5 cm³/mol. The fraction of sp³-hybridized carbons (Fsp3) is 0.833. The lowest BCUT2D eigenvalue weighted by molar-refractivity contribution is -0.139. The number of likely N-dealkylation sites (tertiary alicyclic amines) is 1. The number of carbonyl (C=O) groups is 1. The van der Waals surface area contributed by atoms with E-state index in [1.165, 1.54) is 0 Å². The van der Waals surface area contributed by atoms with E-state index in [1.807, 2.05) is 4.90 Å². The average molecular weight is 222 g/mol. The number of hydrogen-bond acceptors (Lipinski definition) is 3. The minimum atomic E-state index is 0.152. The first-order valence-electron chi connectivity index (χ1n) is 6.07. The number of piperidine rings is 1. The van der Waals surface area contributed by atoms with Crippen LogP contribution in [0.25, 0.3) is 0 Å². The number of amides is 1. The molecular weight excluding hydrogens is 204 g/mol. The van der Waals surface area contributed by atoms with Gasteiger partial charge in [-0.15, -0.1) is 0 Å². The predicted octanol–water partition coefficient (Wildman–Crippen LogP) is 1.18. The Morgan fingerprint density at radius 2 is 1.81 bits per heavy atom. The topological polar surface area (TPSA) is 53.3 Å². The zero-order chi connectivity index (χ0) is 11.4. The van der Waals surface area contributed by atoms with Gasteiger partial charge in [-0.25, -0.2) is 0 Å². The van der Waals surface area contributed by atoms with Crippen LogP contribution in [-0.2, 0) is 9.53 Å². The molecule has 1 amide bonds. The Kier molecular flexibility index (Phi) is 3.79. The number of carbonyl (C=O) groups excluding carboxylic acids is 1. The first-order chi connectivity index (χ1) is 7.81. The van der Waals surface area contributed by atoms with Crippen molar-refractivity contribution in [3.05, 3.63) is 0 Å². The van der Waals surface area contributed by atoms with Crippen molar-refractivity contribution in [2.45, 2.75) is 25.7 Å². The van der Waals surface area contributed by atoms with Gasteiger partial charge in [0.2, 0.25) is 5.91 Å². The van der Waals surface area contributed by atoms with Crippen LogP contribution in [0, 0.1) is 23.2 Å². The molecule has 0 spiro atoms. The summed E-state index contributed by atoms with van der Waals surface area (Å²) < 4.78 is 5.26. The van der Waals surface area contributed by atoms with Crippen molar-refractivity contribution in [1.29, 1.82) is 5.26 Å². The molecule has 0 saturated carbocycles. The number of nitrogens with zero attached hydrogens (tertiary/aromatic N) is 2. The molecule has 2 aliphatic rings. The van der Waals surface area contributed by atoms with Gasteiger partial charge < -0.3 is 9.64 Å². The van der Waals surface area contributed by atoms with Crippen LogP contribution >= 0.6 is 0 Å². The highest BCUT2D eigenvalue weighted by atomic mass is 16.5. The van der Waals surface area contributed by atoms with Crippen molar-refractivity contribution in [3.63, 3.8) is 0 Å². The van der Waals surface area contributed by atoms with Crippen LogP contribution < -0.4 is 0 Å². The molecule has 16 heavy (non-hydrogen) atoms. The number of rotatable bonds is 1. The van der Waals surface area contributed by atoms with Crippen molar-refractivity contribution in [2.75, 3.05) is 26.3 Å². The Bertz CT molecular complexity index is 284. The van der Waals surface area contributed by atoms with Gasteiger partial charge in [0.15, 0.2) is 0 Å². The van der Waals surface area contributed by atoms with E-state index in [1.54, 1.807) is 0 Å². The molecule has 2 fully saturated rings. The van der Waals surface area contributed by atoms with Crippen molar-refractivity contribution >= 4 is 5.91 Å². The normalized spacial score (nSPS) is 24.1. The van der Waals surface area contributed by atoms with Crippen LogP contribution in [0.1, 0.15) is 25.7 Å². The average Bonchev–Trinajstić information content (AvgIpc) is 2.39. The van der Waals surface area contributed by atoms with Gasteiger partial charge in [-0.05, 0) is 25.7 Å². The lowest BCUT2D eigenvalue weighted by atomic mass is 9.94. The molecule has 2 aliphatic heterocycles. The molecule has 0 aliphatic carbocycles. The third-order valence-electron chi connectivity index (χ3n) is 3.56. The van der Waals surface area contributed by atoms with Gasteiger partial charge in [0.25, 0.3) is 0 Å². The second-order valence-electron chi connectivity index (χ2n) is 4.62. The van der Waals surface area contributed by atoms with Gasteiger partial charge in [-0.2, -0.15) is 5.26 Å².